The summed E-state index contributed by atoms with van der Waals surface area (Å²) in [4.78, 5) is 25.7. The summed E-state index contributed by atoms with van der Waals surface area (Å²) in [5.41, 5.74) is 1.76. The lowest BCUT2D eigenvalue weighted by molar-refractivity contribution is 0.0514. The Balaban J connectivity index is 2.44. The number of carbonyl (C=O) groups excluding carboxylic acids is 2. The Hall–Kier alpha value is -2.45. The van der Waals surface area contributed by atoms with E-state index in [1.54, 1.807) is 50.6 Å². The highest BCUT2D eigenvalue weighted by Crippen LogP contribution is 2.24. The molecule has 0 aliphatic carbocycles. The van der Waals surface area contributed by atoms with Crippen molar-refractivity contribution < 1.29 is 22.7 Å². The van der Waals surface area contributed by atoms with Crippen molar-refractivity contribution in [2.45, 2.75) is 39.5 Å². The van der Waals surface area contributed by atoms with E-state index in [2.05, 4.69) is 0 Å². The van der Waals surface area contributed by atoms with Gasteiger partial charge in [-0.05, 0) is 44.4 Å². The summed E-state index contributed by atoms with van der Waals surface area (Å²) in [6.07, 6.45) is 0. The number of benzene rings is 1. The second kappa shape index (κ2) is 9.57. The van der Waals surface area contributed by atoms with E-state index in [1.807, 2.05) is 13.8 Å². The topological polar surface area (TPSA) is 85.7 Å². The number of nitrogens with zero attached hydrogens (tertiary/aromatic N) is 2. The number of carbonyl (C=O) groups is 2. The molecule has 164 valence electrons. The third-order valence-corrected chi connectivity index (χ3v) is 6.77. The Morgan fingerprint density at radius 3 is 2.27 bits per heavy atom. The fraction of sp³-hybridized carbons (Fsp3) is 0.455. The molecule has 2 rings (SSSR count). The maximum Gasteiger partial charge on any atom is 0.355 e. The molecular weight excluding hydrogens is 404 g/mol. The van der Waals surface area contributed by atoms with Crippen LogP contribution in [-0.4, -0.2) is 48.7 Å². The van der Waals surface area contributed by atoms with Gasteiger partial charge in [-0.25, -0.2) is 13.2 Å². The Morgan fingerprint density at radius 2 is 1.73 bits per heavy atom. The van der Waals surface area contributed by atoms with E-state index in [0.717, 1.165) is 0 Å². The molecule has 0 amide bonds. The third kappa shape index (κ3) is 4.82. The summed E-state index contributed by atoms with van der Waals surface area (Å²) in [5, 5.41) is 0. The standard InChI is InChI=1S/C22H30N2O5S/c1-7-29-22(26)21-16(4)20(17(5)23(21)6)19(25)14-24(13-15(2)3)30(27,28)18-11-9-8-10-12-18/h8-12,15H,7,13-14H2,1-6H3. The zero-order chi connectivity index (χ0) is 22.6. The lowest BCUT2D eigenvalue weighted by atomic mass is 10.1. The minimum absolute atomic E-state index is 0.0318. The first-order valence-corrected chi connectivity index (χ1v) is 11.4. The fourth-order valence-corrected chi connectivity index (χ4v) is 5.09. The molecule has 0 unspecified atom stereocenters. The second-order valence-corrected chi connectivity index (χ2v) is 9.58. The Bertz CT molecular complexity index is 1020. The number of ether oxygens (including phenoxy) is 1. The van der Waals surface area contributed by atoms with Crippen LogP contribution in [0.3, 0.4) is 0 Å². The highest BCUT2D eigenvalue weighted by molar-refractivity contribution is 7.89. The average Bonchev–Trinajstić information content (AvgIpc) is 2.90. The van der Waals surface area contributed by atoms with Gasteiger partial charge in [0.1, 0.15) is 5.69 Å². The minimum Gasteiger partial charge on any atom is -0.461 e. The summed E-state index contributed by atoms with van der Waals surface area (Å²) in [5.74, 6) is -0.823. The van der Waals surface area contributed by atoms with Crippen LogP contribution in [0.2, 0.25) is 0 Å². The number of sulfonamides is 1. The van der Waals surface area contributed by atoms with Gasteiger partial charge in [0.2, 0.25) is 10.0 Å². The molecule has 1 aromatic heterocycles. The molecule has 1 heterocycles. The van der Waals surface area contributed by atoms with E-state index in [9.17, 15) is 18.0 Å². The quantitative estimate of drug-likeness (QED) is 0.446. The van der Waals surface area contributed by atoms with Crippen molar-refractivity contribution in [2.75, 3.05) is 19.7 Å². The van der Waals surface area contributed by atoms with Gasteiger partial charge < -0.3 is 9.30 Å². The molecule has 0 fully saturated rings. The molecule has 0 aliphatic heterocycles. The van der Waals surface area contributed by atoms with Crippen LogP contribution in [0, 0.1) is 19.8 Å². The van der Waals surface area contributed by atoms with Crippen LogP contribution in [0.15, 0.2) is 35.2 Å². The van der Waals surface area contributed by atoms with E-state index in [0.29, 0.717) is 22.5 Å². The molecular formula is C22H30N2O5S. The second-order valence-electron chi connectivity index (χ2n) is 7.64. The summed E-state index contributed by atoms with van der Waals surface area (Å²) in [6.45, 7) is 9.07. The Labute approximate surface area is 178 Å². The van der Waals surface area contributed by atoms with Crippen molar-refractivity contribution in [3.05, 3.63) is 52.8 Å². The number of Topliss-reactive ketones (excluding diaryl/α,β-unsaturated/α-hetero) is 1. The summed E-state index contributed by atoms with van der Waals surface area (Å²) in [6, 6.07) is 8.08. The zero-order valence-electron chi connectivity index (χ0n) is 18.4. The number of hydrogen-bond donors (Lipinski definition) is 0. The first-order valence-electron chi connectivity index (χ1n) is 9.93. The van der Waals surface area contributed by atoms with Gasteiger partial charge in [-0.1, -0.05) is 32.0 Å². The highest BCUT2D eigenvalue weighted by Gasteiger charge is 2.31. The number of hydrogen-bond acceptors (Lipinski definition) is 5. The summed E-state index contributed by atoms with van der Waals surface area (Å²) >= 11 is 0. The number of esters is 1. The summed E-state index contributed by atoms with van der Waals surface area (Å²) < 4.78 is 34.3. The first kappa shape index (κ1) is 23.8. The van der Waals surface area contributed by atoms with Crippen molar-refractivity contribution >= 4 is 21.8 Å². The van der Waals surface area contributed by atoms with Crippen molar-refractivity contribution in [2.24, 2.45) is 13.0 Å². The van der Waals surface area contributed by atoms with Crippen LogP contribution >= 0.6 is 0 Å². The molecule has 0 radical (unpaired) electrons. The smallest absolute Gasteiger partial charge is 0.355 e. The SMILES string of the molecule is CCOC(=O)c1c(C)c(C(=O)CN(CC(C)C)S(=O)(=O)c2ccccc2)c(C)n1C. The Kier molecular flexibility index (Phi) is 7.60. The number of aromatic nitrogens is 1. The van der Waals surface area contributed by atoms with E-state index < -0.39 is 16.0 Å². The van der Waals surface area contributed by atoms with Crippen molar-refractivity contribution in [1.82, 2.24) is 8.87 Å². The molecule has 0 N–H and O–H groups in total. The highest BCUT2D eigenvalue weighted by atomic mass is 32.2. The van der Waals surface area contributed by atoms with Crippen molar-refractivity contribution in [3.63, 3.8) is 0 Å². The van der Waals surface area contributed by atoms with Crippen LogP contribution in [0.5, 0.6) is 0 Å². The van der Waals surface area contributed by atoms with Gasteiger partial charge in [0.25, 0.3) is 0 Å². The predicted molar refractivity (Wildman–Crippen MR) is 115 cm³/mol. The first-order chi connectivity index (χ1) is 14.0. The molecule has 0 saturated heterocycles. The monoisotopic (exact) mass is 434 g/mol. The lowest BCUT2D eigenvalue weighted by Gasteiger charge is -2.23. The molecule has 0 saturated carbocycles. The molecule has 0 atom stereocenters. The normalized spacial score (nSPS) is 11.9. The van der Waals surface area contributed by atoms with E-state index in [-0.39, 0.29) is 36.3 Å². The van der Waals surface area contributed by atoms with Crippen LogP contribution in [0.1, 0.15) is 52.9 Å². The van der Waals surface area contributed by atoms with E-state index in [4.69, 9.17) is 4.74 Å². The fourth-order valence-electron chi connectivity index (χ4n) is 3.51. The van der Waals surface area contributed by atoms with Gasteiger partial charge >= 0.3 is 5.97 Å². The van der Waals surface area contributed by atoms with Crippen molar-refractivity contribution in [1.29, 1.82) is 0 Å². The maximum atomic E-state index is 13.2. The van der Waals surface area contributed by atoms with Gasteiger partial charge in [-0.2, -0.15) is 4.31 Å². The maximum absolute atomic E-state index is 13.2. The number of rotatable bonds is 9. The molecule has 0 spiro atoms. The van der Waals surface area contributed by atoms with Crippen LogP contribution < -0.4 is 0 Å². The van der Waals surface area contributed by atoms with Crippen LogP contribution in [-0.2, 0) is 21.8 Å². The minimum atomic E-state index is -3.84. The van der Waals surface area contributed by atoms with Crippen LogP contribution in [0.25, 0.3) is 0 Å². The number of ketones is 1. The van der Waals surface area contributed by atoms with Gasteiger partial charge in [-0.15, -0.1) is 0 Å². The molecule has 8 heteroatoms. The van der Waals surface area contributed by atoms with Gasteiger partial charge in [0, 0.05) is 24.8 Å². The third-order valence-electron chi connectivity index (χ3n) is 4.95. The molecule has 0 aliphatic rings. The van der Waals surface area contributed by atoms with E-state index >= 15 is 0 Å². The largest absolute Gasteiger partial charge is 0.461 e. The zero-order valence-corrected chi connectivity index (χ0v) is 19.2. The van der Waals surface area contributed by atoms with Crippen LogP contribution in [0.4, 0.5) is 0 Å². The van der Waals surface area contributed by atoms with Gasteiger partial charge in [0.15, 0.2) is 5.78 Å². The molecule has 30 heavy (non-hydrogen) atoms. The summed E-state index contributed by atoms with van der Waals surface area (Å²) in [7, 11) is -2.15. The molecule has 7 nitrogen and oxygen atoms in total. The molecule has 1 aromatic carbocycles. The predicted octanol–water partition coefficient (Wildman–Crippen LogP) is 3.35. The molecule has 0 bridgehead atoms. The average molecular weight is 435 g/mol. The van der Waals surface area contributed by atoms with E-state index in [1.165, 1.54) is 16.4 Å². The Morgan fingerprint density at radius 1 is 1.13 bits per heavy atom. The molecule has 2 aromatic rings. The van der Waals surface area contributed by atoms with Crippen molar-refractivity contribution in [3.8, 4) is 0 Å². The lowest BCUT2D eigenvalue weighted by Crippen LogP contribution is -2.38. The van der Waals surface area contributed by atoms with Gasteiger partial charge in [-0.3, -0.25) is 4.79 Å². The van der Waals surface area contributed by atoms with Gasteiger partial charge in [0.05, 0.1) is 18.0 Å².